The molecule has 1 aromatic carbocycles. The molecule has 0 aliphatic carbocycles. The van der Waals surface area contributed by atoms with E-state index in [1.165, 1.54) is 0 Å². The highest BCUT2D eigenvalue weighted by Gasteiger charge is 2.15. The van der Waals surface area contributed by atoms with Crippen molar-refractivity contribution in [3.05, 3.63) is 29.8 Å². The minimum absolute atomic E-state index is 0.0614. The molecule has 1 fully saturated rings. The van der Waals surface area contributed by atoms with Gasteiger partial charge in [-0.25, -0.2) is 4.79 Å². The van der Waals surface area contributed by atoms with Crippen molar-refractivity contribution in [3.8, 4) is 5.75 Å². The highest BCUT2D eigenvalue weighted by atomic mass is 16.5. The van der Waals surface area contributed by atoms with E-state index >= 15 is 0 Å². The summed E-state index contributed by atoms with van der Waals surface area (Å²) in [5.41, 5.74) is 0.847. The molecule has 5 nitrogen and oxygen atoms in total. The Labute approximate surface area is 106 Å². The molecule has 0 spiro atoms. The third-order valence-electron chi connectivity index (χ3n) is 2.96. The van der Waals surface area contributed by atoms with Crippen molar-refractivity contribution in [1.82, 2.24) is 10.2 Å². The number of carbonyl (C=O) groups excluding carboxylic acids is 1. The maximum absolute atomic E-state index is 11.8. The molecule has 5 heteroatoms. The molecule has 2 amide bonds. The summed E-state index contributed by atoms with van der Waals surface area (Å²) in [5, 5.41) is 12.4. The van der Waals surface area contributed by atoms with Crippen LogP contribution in [0, 0.1) is 0 Å². The number of urea groups is 1. The van der Waals surface area contributed by atoms with Gasteiger partial charge in [0.05, 0.1) is 13.2 Å². The Morgan fingerprint density at radius 2 is 2.06 bits per heavy atom. The molecule has 2 rings (SSSR count). The molecule has 1 aromatic rings. The fraction of sp³-hybridized carbons (Fsp3) is 0.462. The first-order valence-corrected chi connectivity index (χ1v) is 6.15. The van der Waals surface area contributed by atoms with Crippen molar-refractivity contribution in [3.63, 3.8) is 0 Å². The minimum Gasteiger partial charge on any atom is -0.508 e. The summed E-state index contributed by atoms with van der Waals surface area (Å²) in [7, 11) is 0. The van der Waals surface area contributed by atoms with Crippen LogP contribution < -0.4 is 5.32 Å². The SMILES string of the molecule is O=C(NCCc1ccccc1O)N1CCOCC1. The second-order valence-corrected chi connectivity index (χ2v) is 4.21. The van der Waals surface area contributed by atoms with E-state index in [2.05, 4.69) is 5.32 Å². The largest absolute Gasteiger partial charge is 0.508 e. The number of amides is 2. The van der Waals surface area contributed by atoms with Gasteiger partial charge in [0.2, 0.25) is 0 Å². The van der Waals surface area contributed by atoms with Crippen molar-refractivity contribution in [2.24, 2.45) is 0 Å². The van der Waals surface area contributed by atoms with Gasteiger partial charge in [-0.1, -0.05) is 18.2 Å². The predicted molar refractivity (Wildman–Crippen MR) is 67.6 cm³/mol. The lowest BCUT2D eigenvalue weighted by Crippen LogP contribution is -2.46. The van der Waals surface area contributed by atoms with Gasteiger partial charge in [-0.3, -0.25) is 0 Å². The van der Waals surface area contributed by atoms with E-state index in [1.807, 2.05) is 12.1 Å². The second-order valence-electron chi connectivity index (χ2n) is 4.21. The van der Waals surface area contributed by atoms with Crippen LogP contribution in [0.1, 0.15) is 5.56 Å². The third kappa shape index (κ3) is 3.37. The van der Waals surface area contributed by atoms with E-state index in [9.17, 15) is 9.90 Å². The van der Waals surface area contributed by atoms with E-state index in [-0.39, 0.29) is 11.8 Å². The molecule has 2 N–H and O–H groups in total. The molecule has 1 saturated heterocycles. The van der Waals surface area contributed by atoms with Crippen LogP contribution in [0.15, 0.2) is 24.3 Å². The van der Waals surface area contributed by atoms with Gasteiger partial charge in [0.1, 0.15) is 5.75 Å². The van der Waals surface area contributed by atoms with Gasteiger partial charge >= 0.3 is 6.03 Å². The Morgan fingerprint density at radius 3 is 2.78 bits per heavy atom. The summed E-state index contributed by atoms with van der Waals surface area (Å²) in [5.74, 6) is 0.276. The Kier molecular flexibility index (Phi) is 4.41. The lowest BCUT2D eigenvalue weighted by molar-refractivity contribution is 0.0533. The third-order valence-corrected chi connectivity index (χ3v) is 2.96. The van der Waals surface area contributed by atoms with Crippen LogP contribution >= 0.6 is 0 Å². The van der Waals surface area contributed by atoms with Crippen molar-refractivity contribution in [1.29, 1.82) is 0 Å². The van der Waals surface area contributed by atoms with E-state index in [0.29, 0.717) is 39.3 Å². The van der Waals surface area contributed by atoms with Crippen LogP contribution in [0.3, 0.4) is 0 Å². The Morgan fingerprint density at radius 1 is 1.33 bits per heavy atom. The summed E-state index contributed by atoms with van der Waals surface area (Å²) in [6, 6.07) is 7.10. The first kappa shape index (κ1) is 12.7. The lowest BCUT2D eigenvalue weighted by Gasteiger charge is -2.26. The first-order chi connectivity index (χ1) is 8.77. The zero-order chi connectivity index (χ0) is 12.8. The highest BCUT2D eigenvalue weighted by molar-refractivity contribution is 5.74. The van der Waals surface area contributed by atoms with Crippen molar-refractivity contribution < 1.29 is 14.6 Å². The molecule has 1 aliphatic heterocycles. The molecular formula is C13H18N2O3. The molecule has 0 atom stereocenters. The molecule has 0 radical (unpaired) electrons. The summed E-state index contributed by atoms with van der Waals surface area (Å²) in [6.45, 7) is 3.01. The van der Waals surface area contributed by atoms with E-state index in [0.717, 1.165) is 5.56 Å². The monoisotopic (exact) mass is 250 g/mol. The number of para-hydroxylation sites is 1. The number of hydrogen-bond donors (Lipinski definition) is 2. The number of carbonyl (C=O) groups is 1. The average molecular weight is 250 g/mol. The smallest absolute Gasteiger partial charge is 0.317 e. The number of hydrogen-bond acceptors (Lipinski definition) is 3. The topological polar surface area (TPSA) is 61.8 Å². The molecule has 0 aromatic heterocycles. The fourth-order valence-corrected chi connectivity index (χ4v) is 1.90. The Bertz CT molecular complexity index is 403. The average Bonchev–Trinajstić information content (AvgIpc) is 2.42. The van der Waals surface area contributed by atoms with Crippen molar-refractivity contribution in [2.45, 2.75) is 6.42 Å². The number of morpholine rings is 1. The number of phenols is 1. The van der Waals surface area contributed by atoms with Gasteiger partial charge in [0.15, 0.2) is 0 Å². The summed E-state index contributed by atoms with van der Waals surface area (Å²) >= 11 is 0. The number of phenolic OH excluding ortho intramolecular Hbond substituents is 1. The number of nitrogens with one attached hydrogen (secondary N) is 1. The quantitative estimate of drug-likeness (QED) is 0.840. The standard InChI is InChI=1S/C13H18N2O3/c16-12-4-2-1-3-11(12)5-6-14-13(17)15-7-9-18-10-8-15/h1-4,16H,5-10H2,(H,14,17). The van der Waals surface area contributed by atoms with Crippen LogP contribution in [-0.2, 0) is 11.2 Å². The van der Waals surface area contributed by atoms with Crippen molar-refractivity contribution >= 4 is 6.03 Å². The van der Waals surface area contributed by atoms with Crippen LogP contribution in [0.25, 0.3) is 0 Å². The number of aromatic hydroxyl groups is 1. The summed E-state index contributed by atoms with van der Waals surface area (Å²) < 4.78 is 5.18. The number of nitrogens with zero attached hydrogens (tertiary/aromatic N) is 1. The van der Waals surface area contributed by atoms with Crippen LogP contribution in [0.5, 0.6) is 5.75 Å². The van der Waals surface area contributed by atoms with Crippen LogP contribution in [0.4, 0.5) is 4.79 Å². The Hall–Kier alpha value is -1.75. The molecule has 0 unspecified atom stereocenters. The van der Waals surface area contributed by atoms with Crippen LogP contribution in [0.2, 0.25) is 0 Å². The fourth-order valence-electron chi connectivity index (χ4n) is 1.90. The zero-order valence-corrected chi connectivity index (χ0v) is 10.3. The van der Waals surface area contributed by atoms with Gasteiger partial charge in [-0.15, -0.1) is 0 Å². The van der Waals surface area contributed by atoms with Gasteiger partial charge in [0.25, 0.3) is 0 Å². The van der Waals surface area contributed by atoms with Crippen molar-refractivity contribution in [2.75, 3.05) is 32.8 Å². The van der Waals surface area contributed by atoms with E-state index in [4.69, 9.17) is 4.74 Å². The maximum atomic E-state index is 11.8. The molecule has 1 heterocycles. The predicted octanol–water partition coefficient (Wildman–Crippen LogP) is 0.976. The maximum Gasteiger partial charge on any atom is 0.317 e. The molecule has 18 heavy (non-hydrogen) atoms. The van der Waals surface area contributed by atoms with Gasteiger partial charge < -0.3 is 20.1 Å². The lowest BCUT2D eigenvalue weighted by atomic mass is 10.1. The Balaban J connectivity index is 1.75. The van der Waals surface area contributed by atoms with E-state index < -0.39 is 0 Å². The second kappa shape index (κ2) is 6.26. The molecule has 98 valence electrons. The number of benzene rings is 1. The number of rotatable bonds is 3. The normalized spacial score (nSPS) is 15.4. The molecular weight excluding hydrogens is 232 g/mol. The summed E-state index contributed by atoms with van der Waals surface area (Å²) in [4.78, 5) is 13.5. The zero-order valence-electron chi connectivity index (χ0n) is 10.3. The van der Waals surface area contributed by atoms with Gasteiger partial charge in [-0.2, -0.15) is 0 Å². The van der Waals surface area contributed by atoms with Crippen LogP contribution in [-0.4, -0.2) is 48.9 Å². The van der Waals surface area contributed by atoms with Gasteiger partial charge in [0, 0.05) is 19.6 Å². The highest BCUT2D eigenvalue weighted by Crippen LogP contribution is 2.15. The molecule has 0 bridgehead atoms. The van der Waals surface area contributed by atoms with E-state index in [1.54, 1.807) is 17.0 Å². The summed E-state index contributed by atoms with van der Waals surface area (Å²) in [6.07, 6.45) is 0.628. The van der Waals surface area contributed by atoms with Gasteiger partial charge in [-0.05, 0) is 18.1 Å². The molecule has 1 aliphatic rings. The number of ether oxygens (including phenoxy) is 1. The first-order valence-electron chi connectivity index (χ1n) is 6.15. The molecule has 0 saturated carbocycles. The minimum atomic E-state index is -0.0614.